The standard InChI is InChI=1S/C14H22N4O/c1-12(10-13-11-15-6-7-16-13)17-14(19)18-8-4-2-3-5-9-18/h6-7,11-12H,2-5,8-10H2,1H3,(H,17,19)/t12-/m1/s1. The summed E-state index contributed by atoms with van der Waals surface area (Å²) in [5, 5.41) is 3.05. The molecule has 1 saturated heterocycles. The lowest BCUT2D eigenvalue weighted by atomic mass is 10.2. The van der Waals surface area contributed by atoms with Crippen molar-refractivity contribution in [2.45, 2.75) is 45.1 Å². The van der Waals surface area contributed by atoms with Crippen molar-refractivity contribution in [3.8, 4) is 0 Å². The summed E-state index contributed by atoms with van der Waals surface area (Å²) in [4.78, 5) is 22.3. The highest BCUT2D eigenvalue weighted by Crippen LogP contribution is 2.10. The van der Waals surface area contributed by atoms with Gasteiger partial charge in [0.05, 0.1) is 5.69 Å². The normalized spacial score (nSPS) is 17.6. The van der Waals surface area contributed by atoms with Crippen LogP contribution in [0.1, 0.15) is 38.3 Å². The maximum Gasteiger partial charge on any atom is 0.317 e. The van der Waals surface area contributed by atoms with Crippen LogP contribution in [0.3, 0.4) is 0 Å². The van der Waals surface area contributed by atoms with Crippen LogP contribution < -0.4 is 5.32 Å². The molecule has 0 aliphatic carbocycles. The highest BCUT2D eigenvalue weighted by molar-refractivity contribution is 5.74. The van der Waals surface area contributed by atoms with Crippen LogP contribution in [-0.2, 0) is 6.42 Å². The highest BCUT2D eigenvalue weighted by Gasteiger charge is 2.17. The van der Waals surface area contributed by atoms with E-state index in [-0.39, 0.29) is 12.1 Å². The van der Waals surface area contributed by atoms with Crippen LogP contribution in [0.15, 0.2) is 18.6 Å². The Bertz CT molecular complexity index is 388. The molecule has 0 unspecified atom stereocenters. The van der Waals surface area contributed by atoms with Crippen molar-refractivity contribution < 1.29 is 4.79 Å². The smallest absolute Gasteiger partial charge is 0.317 e. The molecule has 2 amide bonds. The van der Waals surface area contributed by atoms with Gasteiger partial charge in [-0.05, 0) is 19.8 Å². The average Bonchev–Trinajstić information content (AvgIpc) is 2.68. The summed E-state index contributed by atoms with van der Waals surface area (Å²) in [5.41, 5.74) is 0.908. The van der Waals surface area contributed by atoms with Crippen LogP contribution in [0.4, 0.5) is 4.79 Å². The van der Waals surface area contributed by atoms with E-state index in [9.17, 15) is 4.79 Å². The fraction of sp³-hybridized carbons (Fsp3) is 0.643. The van der Waals surface area contributed by atoms with Gasteiger partial charge in [0.1, 0.15) is 0 Å². The van der Waals surface area contributed by atoms with E-state index in [4.69, 9.17) is 0 Å². The second-order valence-electron chi connectivity index (χ2n) is 5.15. The maximum absolute atomic E-state index is 12.1. The van der Waals surface area contributed by atoms with Gasteiger partial charge in [-0.15, -0.1) is 0 Å². The molecule has 5 nitrogen and oxygen atoms in total. The van der Waals surface area contributed by atoms with E-state index in [1.807, 2.05) is 11.8 Å². The lowest BCUT2D eigenvalue weighted by molar-refractivity contribution is 0.196. The predicted molar refractivity (Wildman–Crippen MR) is 73.8 cm³/mol. The first-order chi connectivity index (χ1) is 9.25. The number of rotatable bonds is 3. The molecular weight excluding hydrogens is 240 g/mol. The third-order valence-electron chi connectivity index (χ3n) is 3.40. The molecule has 19 heavy (non-hydrogen) atoms. The number of nitrogens with zero attached hydrogens (tertiary/aromatic N) is 3. The van der Waals surface area contributed by atoms with Gasteiger partial charge in [-0.3, -0.25) is 9.97 Å². The molecule has 0 bridgehead atoms. The molecule has 0 radical (unpaired) electrons. The van der Waals surface area contributed by atoms with Crippen LogP contribution in [0, 0.1) is 0 Å². The third-order valence-corrected chi connectivity index (χ3v) is 3.40. The number of urea groups is 1. The van der Waals surface area contributed by atoms with Crippen molar-refractivity contribution >= 4 is 6.03 Å². The van der Waals surface area contributed by atoms with Gasteiger partial charge in [0, 0.05) is 44.1 Å². The molecule has 1 fully saturated rings. The summed E-state index contributed by atoms with van der Waals surface area (Å²) >= 11 is 0. The van der Waals surface area contributed by atoms with E-state index in [1.165, 1.54) is 12.8 Å². The van der Waals surface area contributed by atoms with Gasteiger partial charge in [-0.25, -0.2) is 4.79 Å². The molecule has 1 aromatic rings. The summed E-state index contributed by atoms with van der Waals surface area (Å²) in [5.74, 6) is 0. The van der Waals surface area contributed by atoms with Crippen molar-refractivity contribution in [3.05, 3.63) is 24.3 Å². The topological polar surface area (TPSA) is 58.1 Å². The highest BCUT2D eigenvalue weighted by atomic mass is 16.2. The zero-order valence-electron chi connectivity index (χ0n) is 11.5. The van der Waals surface area contributed by atoms with E-state index >= 15 is 0 Å². The van der Waals surface area contributed by atoms with Crippen molar-refractivity contribution in [1.29, 1.82) is 0 Å². The molecule has 1 N–H and O–H groups in total. The quantitative estimate of drug-likeness (QED) is 0.906. The first-order valence-electron chi connectivity index (χ1n) is 7.06. The Hall–Kier alpha value is -1.65. The molecular formula is C14H22N4O. The number of carbonyl (C=O) groups is 1. The van der Waals surface area contributed by atoms with Crippen LogP contribution in [0.2, 0.25) is 0 Å². The Morgan fingerprint density at radius 1 is 1.32 bits per heavy atom. The number of nitrogens with one attached hydrogen (secondary N) is 1. The largest absolute Gasteiger partial charge is 0.335 e. The van der Waals surface area contributed by atoms with Gasteiger partial charge in [0.25, 0.3) is 0 Å². The Labute approximate surface area is 114 Å². The molecule has 1 aliphatic rings. The molecule has 2 rings (SSSR count). The fourth-order valence-electron chi connectivity index (χ4n) is 2.38. The van der Waals surface area contributed by atoms with Crippen LogP contribution in [0.25, 0.3) is 0 Å². The Balaban J connectivity index is 1.80. The van der Waals surface area contributed by atoms with Gasteiger partial charge < -0.3 is 10.2 Å². The molecule has 1 aliphatic heterocycles. The molecule has 0 spiro atoms. The number of aromatic nitrogens is 2. The van der Waals surface area contributed by atoms with Crippen molar-refractivity contribution in [2.75, 3.05) is 13.1 Å². The molecule has 1 aromatic heterocycles. The maximum atomic E-state index is 12.1. The van der Waals surface area contributed by atoms with Crippen LogP contribution >= 0.6 is 0 Å². The SMILES string of the molecule is C[C@H](Cc1cnccn1)NC(=O)N1CCCCCC1. The Kier molecular flexibility index (Phi) is 5.12. The van der Waals surface area contributed by atoms with Crippen LogP contribution in [-0.4, -0.2) is 40.0 Å². The molecule has 2 heterocycles. The number of likely N-dealkylation sites (tertiary alicyclic amines) is 1. The minimum Gasteiger partial charge on any atom is -0.335 e. The van der Waals surface area contributed by atoms with Crippen molar-refractivity contribution in [1.82, 2.24) is 20.2 Å². The lowest BCUT2D eigenvalue weighted by Gasteiger charge is -2.23. The average molecular weight is 262 g/mol. The second kappa shape index (κ2) is 7.07. The number of hydrogen-bond acceptors (Lipinski definition) is 3. The van der Waals surface area contributed by atoms with Gasteiger partial charge in [0.15, 0.2) is 0 Å². The first-order valence-corrected chi connectivity index (χ1v) is 7.06. The summed E-state index contributed by atoms with van der Waals surface area (Å²) in [6.07, 6.45) is 10.5. The van der Waals surface area contributed by atoms with E-state index in [1.54, 1.807) is 18.6 Å². The fourth-order valence-corrected chi connectivity index (χ4v) is 2.38. The van der Waals surface area contributed by atoms with Crippen molar-refractivity contribution in [2.24, 2.45) is 0 Å². The molecule has 0 saturated carbocycles. The molecule has 1 atom stereocenters. The van der Waals surface area contributed by atoms with Crippen LogP contribution in [0.5, 0.6) is 0 Å². The molecule has 104 valence electrons. The van der Waals surface area contributed by atoms with E-state index in [0.29, 0.717) is 6.42 Å². The summed E-state index contributed by atoms with van der Waals surface area (Å²) < 4.78 is 0. The van der Waals surface area contributed by atoms with Gasteiger partial charge in [-0.1, -0.05) is 12.8 Å². The Morgan fingerprint density at radius 2 is 2.05 bits per heavy atom. The summed E-state index contributed by atoms with van der Waals surface area (Å²) in [6.45, 7) is 3.76. The van der Waals surface area contributed by atoms with Gasteiger partial charge >= 0.3 is 6.03 Å². The summed E-state index contributed by atoms with van der Waals surface area (Å²) in [7, 11) is 0. The van der Waals surface area contributed by atoms with Gasteiger partial charge in [-0.2, -0.15) is 0 Å². The number of hydrogen-bond donors (Lipinski definition) is 1. The molecule has 0 aromatic carbocycles. The van der Waals surface area contributed by atoms with E-state index < -0.39 is 0 Å². The van der Waals surface area contributed by atoms with Gasteiger partial charge in [0.2, 0.25) is 0 Å². The second-order valence-corrected chi connectivity index (χ2v) is 5.15. The lowest BCUT2D eigenvalue weighted by Crippen LogP contribution is -2.45. The zero-order chi connectivity index (χ0) is 13.5. The number of carbonyl (C=O) groups excluding carboxylic acids is 1. The van der Waals surface area contributed by atoms with Crippen molar-refractivity contribution in [3.63, 3.8) is 0 Å². The van der Waals surface area contributed by atoms with E-state index in [0.717, 1.165) is 31.6 Å². The zero-order valence-corrected chi connectivity index (χ0v) is 11.5. The third kappa shape index (κ3) is 4.50. The predicted octanol–water partition coefficient (Wildman–Crippen LogP) is 1.99. The monoisotopic (exact) mass is 262 g/mol. The number of amides is 2. The summed E-state index contributed by atoms with van der Waals surface area (Å²) in [6, 6.07) is 0.130. The van der Waals surface area contributed by atoms with E-state index in [2.05, 4.69) is 15.3 Å². The first kappa shape index (κ1) is 13.8. The minimum atomic E-state index is 0.0540. The Morgan fingerprint density at radius 3 is 2.68 bits per heavy atom. The minimum absolute atomic E-state index is 0.0540. The molecule has 5 heteroatoms.